The van der Waals surface area contributed by atoms with E-state index >= 15 is 0 Å². The fourth-order valence-corrected chi connectivity index (χ4v) is 1.84. The largest absolute Gasteiger partial charge is 0.367 e. The molecule has 0 aliphatic heterocycles. The highest BCUT2D eigenvalue weighted by molar-refractivity contribution is 5.31. The van der Waals surface area contributed by atoms with E-state index in [1.165, 1.54) is 5.56 Å². The zero-order valence-corrected chi connectivity index (χ0v) is 6.96. The fourth-order valence-electron chi connectivity index (χ4n) is 1.84. The van der Waals surface area contributed by atoms with Crippen molar-refractivity contribution in [2.75, 3.05) is 0 Å². The van der Waals surface area contributed by atoms with Crippen LogP contribution in [0.3, 0.4) is 0 Å². The van der Waals surface area contributed by atoms with E-state index in [0.717, 1.165) is 0 Å². The van der Waals surface area contributed by atoms with Crippen LogP contribution in [0.15, 0.2) is 18.5 Å². The molecule has 1 fully saturated rings. The van der Waals surface area contributed by atoms with Gasteiger partial charge < -0.3 is 10.7 Å². The standard InChI is InChI=1S/C9H14N2/c1-9(2)7(8(9)10)6-3-4-11-5-6/h3-5,7-8,11H,10H2,1-2H3. The van der Waals surface area contributed by atoms with E-state index < -0.39 is 0 Å². The minimum Gasteiger partial charge on any atom is -0.367 e. The lowest BCUT2D eigenvalue weighted by atomic mass is 10.1. The van der Waals surface area contributed by atoms with Crippen LogP contribution in [-0.4, -0.2) is 11.0 Å². The van der Waals surface area contributed by atoms with Gasteiger partial charge in [-0.25, -0.2) is 0 Å². The molecule has 1 saturated carbocycles. The zero-order chi connectivity index (χ0) is 8.06. The number of hydrogen-bond acceptors (Lipinski definition) is 1. The van der Waals surface area contributed by atoms with Crippen LogP contribution in [0.2, 0.25) is 0 Å². The Kier molecular flexibility index (Phi) is 1.19. The Labute approximate surface area is 66.8 Å². The molecule has 0 saturated heterocycles. The van der Waals surface area contributed by atoms with Gasteiger partial charge in [-0.05, 0) is 17.0 Å². The average molecular weight is 150 g/mol. The molecule has 2 nitrogen and oxygen atoms in total. The molecular weight excluding hydrogens is 136 g/mol. The molecule has 3 N–H and O–H groups in total. The Morgan fingerprint density at radius 3 is 2.55 bits per heavy atom. The maximum absolute atomic E-state index is 5.92. The summed E-state index contributed by atoms with van der Waals surface area (Å²) >= 11 is 0. The maximum atomic E-state index is 5.92. The van der Waals surface area contributed by atoms with Gasteiger partial charge >= 0.3 is 0 Å². The highest BCUT2D eigenvalue weighted by atomic mass is 14.8. The summed E-state index contributed by atoms with van der Waals surface area (Å²) in [6, 6.07) is 2.46. The van der Waals surface area contributed by atoms with Crippen molar-refractivity contribution in [1.82, 2.24) is 4.98 Å². The van der Waals surface area contributed by atoms with Crippen LogP contribution >= 0.6 is 0 Å². The Morgan fingerprint density at radius 2 is 2.18 bits per heavy atom. The normalized spacial score (nSPS) is 33.7. The van der Waals surface area contributed by atoms with Crippen molar-refractivity contribution in [3.63, 3.8) is 0 Å². The quantitative estimate of drug-likeness (QED) is 0.625. The minimum absolute atomic E-state index is 0.308. The van der Waals surface area contributed by atoms with Crippen LogP contribution in [0.25, 0.3) is 0 Å². The first kappa shape index (κ1) is 6.92. The third kappa shape index (κ3) is 0.824. The zero-order valence-electron chi connectivity index (χ0n) is 6.96. The molecule has 0 spiro atoms. The van der Waals surface area contributed by atoms with Gasteiger partial charge in [0.1, 0.15) is 0 Å². The van der Waals surface area contributed by atoms with Crippen molar-refractivity contribution in [3.8, 4) is 0 Å². The van der Waals surface area contributed by atoms with Crippen LogP contribution in [0.5, 0.6) is 0 Å². The highest BCUT2D eigenvalue weighted by Crippen LogP contribution is 2.57. The summed E-state index contributed by atoms with van der Waals surface area (Å²) in [5.74, 6) is 0.564. The van der Waals surface area contributed by atoms with E-state index in [1.807, 2.05) is 12.4 Å². The molecule has 0 radical (unpaired) electrons. The van der Waals surface area contributed by atoms with Gasteiger partial charge in [0, 0.05) is 24.4 Å². The van der Waals surface area contributed by atoms with Crippen LogP contribution in [0.1, 0.15) is 25.3 Å². The lowest BCUT2D eigenvalue weighted by Gasteiger charge is -1.97. The van der Waals surface area contributed by atoms with E-state index in [9.17, 15) is 0 Å². The number of aromatic nitrogens is 1. The lowest BCUT2D eigenvalue weighted by molar-refractivity contribution is 0.599. The summed E-state index contributed by atoms with van der Waals surface area (Å²) in [5, 5.41) is 0. The minimum atomic E-state index is 0.308. The Hall–Kier alpha value is -0.760. The molecule has 1 aliphatic carbocycles. The Bertz CT molecular complexity index is 249. The molecule has 11 heavy (non-hydrogen) atoms. The predicted molar refractivity (Wildman–Crippen MR) is 45.3 cm³/mol. The third-order valence-electron chi connectivity index (χ3n) is 2.89. The van der Waals surface area contributed by atoms with E-state index in [0.29, 0.717) is 17.4 Å². The van der Waals surface area contributed by atoms with E-state index in [-0.39, 0.29) is 0 Å². The topological polar surface area (TPSA) is 41.8 Å². The summed E-state index contributed by atoms with van der Waals surface area (Å²) < 4.78 is 0. The van der Waals surface area contributed by atoms with E-state index in [1.54, 1.807) is 0 Å². The number of rotatable bonds is 1. The van der Waals surface area contributed by atoms with Crippen molar-refractivity contribution >= 4 is 0 Å². The molecule has 1 aromatic rings. The van der Waals surface area contributed by atoms with Crippen molar-refractivity contribution in [1.29, 1.82) is 0 Å². The van der Waals surface area contributed by atoms with Gasteiger partial charge in [-0.3, -0.25) is 0 Å². The molecule has 1 aliphatic rings. The summed E-state index contributed by atoms with van der Waals surface area (Å²) in [6.07, 6.45) is 4.00. The second-order valence-corrected chi connectivity index (χ2v) is 3.97. The molecule has 0 bridgehead atoms. The molecule has 0 aromatic carbocycles. The van der Waals surface area contributed by atoms with Gasteiger partial charge in [0.05, 0.1) is 0 Å². The van der Waals surface area contributed by atoms with Crippen LogP contribution < -0.4 is 5.73 Å². The Morgan fingerprint density at radius 1 is 1.55 bits per heavy atom. The Balaban J connectivity index is 2.23. The molecule has 1 aromatic heterocycles. The van der Waals surface area contributed by atoms with Gasteiger partial charge in [-0.1, -0.05) is 13.8 Å². The summed E-state index contributed by atoms with van der Waals surface area (Å²) in [5.41, 5.74) is 7.58. The SMILES string of the molecule is CC1(C)C(N)C1c1cc[nH]c1. The van der Waals surface area contributed by atoms with Crippen molar-refractivity contribution in [2.45, 2.75) is 25.8 Å². The van der Waals surface area contributed by atoms with Gasteiger partial charge in [0.15, 0.2) is 0 Å². The summed E-state index contributed by atoms with van der Waals surface area (Å²) in [6.45, 7) is 4.44. The molecule has 2 unspecified atom stereocenters. The van der Waals surface area contributed by atoms with Gasteiger partial charge in [-0.2, -0.15) is 0 Å². The molecule has 60 valence electrons. The smallest absolute Gasteiger partial charge is 0.0172 e. The molecule has 2 atom stereocenters. The molecule has 2 heteroatoms. The second kappa shape index (κ2) is 1.89. The van der Waals surface area contributed by atoms with Crippen LogP contribution in [0.4, 0.5) is 0 Å². The molecule has 2 rings (SSSR count). The van der Waals surface area contributed by atoms with Crippen LogP contribution in [-0.2, 0) is 0 Å². The number of aromatic amines is 1. The molecule has 0 amide bonds. The average Bonchev–Trinajstić information content (AvgIpc) is 2.40. The fraction of sp³-hybridized carbons (Fsp3) is 0.556. The van der Waals surface area contributed by atoms with Crippen molar-refractivity contribution < 1.29 is 0 Å². The first-order valence-corrected chi connectivity index (χ1v) is 4.02. The van der Waals surface area contributed by atoms with E-state index in [2.05, 4.69) is 24.9 Å². The predicted octanol–water partition coefficient (Wildman–Crippen LogP) is 1.47. The van der Waals surface area contributed by atoms with Crippen molar-refractivity contribution in [2.24, 2.45) is 11.1 Å². The third-order valence-corrected chi connectivity index (χ3v) is 2.89. The molecular formula is C9H14N2. The first-order chi connectivity index (χ1) is 5.14. The number of nitrogens with one attached hydrogen (secondary N) is 1. The number of H-pyrrole nitrogens is 1. The lowest BCUT2D eigenvalue weighted by Crippen LogP contribution is -2.06. The van der Waals surface area contributed by atoms with Gasteiger partial charge in [-0.15, -0.1) is 0 Å². The van der Waals surface area contributed by atoms with Gasteiger partial charge in [0.25, 0.3) is 0 Å². The summed E-state index contributed by atoms with van der Waals surface area (Å²) in [7, 11) is 0. The second-order valence-electron chi connectivity index (χ2n) is 3.97. The van der Waals surface area contributed by atoms with Crippen LogP contribution in [0, 0.1) is 5.41 Å². The maximum Gasteiger partial charge on any atom is 0.0172 e. The monoisotopic (exact) mass is 150 g/mol. The van der Waals surface area contributed by atoms with Crippen molar-refractivity contribution in [3.05, 3.63) is 24.0 Å². The number of nitrogens with two attached hydrogens (primary N) is 1. The first-order valence-electron chi connectivity index (χ1n) is 4.02. The van der Waals surface area contributed by atoms with E-state index in [4.69, 9.17) is 5.73 Å². The molecule has 1 heterocycles. The highest BCUT2D eigenvalue weighted by Gasteiger charge is 2.56. The summed E-state index contributed by atoms with van der Waals surface area (Å²) in [4.78, 5) is 3.05. The number of hydrogen-bond donors (Lipinski definition) is 2. The van der Waals surface area contributed by atoms with Gasteiger partial charge in [0.2, 0.25) is 0 Å².